The maximum Gasteiger partial charge on any atom is 0.416 e. The Hall–Kier alpha value is -2.12. The van der Waals surface area contributed by atoms with Crippen molar-refractivity contribution in [2.75, 3.05) is 11.4 Å². The van der Waals surface area contributed by atoms with Crippen LogP contribution in [0.5, 0.6) is 0 Å². The number of nitro benzene ring substituents is 1. The fourth-order valence-corrected chi connectivity index (χ4v) is 1.78. The Balaban J connectivity index is 2.46. The number of nitro groups is 1. The highest BCUT2D eigenvalue weighted by Gasteiger charge is 2.33. The quantitative estimate of drug-likeness (QED) is 0.615. The van der Waals surface area contributed by atoms with Crippen molar-refractivity contribution < 1.29 is 18.1 Å². The molecule has 0 saturated carbocycles. The Morgan fingerprint density at radius 3 is 2.58 bits per heavy atom. The molecule has 0 spiro atoms. The van der Waals surface area contributed by atoms with Crippen LogP contribution in [0.15, 0.2) is 23.2 Å². The van der Waals surface area contributed by atoms with Crippen molar-refractivity contribution in [2.24, 2.45) is 4.99 Å². The molecule has 1 aliphatic heterocycles. The van der Waals surface area contributed by atoms with Crippen LogP contribution in [0.1, 0.15) is 12.5 Å². The highest BCUT2D eigenvalue weighted by Crippen LogP contribution is 2.35. The van der Waals surface area contributed by atoms with Gasteiger partial charge in [-0.05, 0) is 13.0 Å². The standard InChI is InChI=1S/C11H10F3N3O2/c1-7-5-16(6-15-7)9-2-8(11(12,13)14)3-10(4-9)17(18)19/h2-4,6-7H,5H2,1H3. The molecule has 1 aliphatic rings. The Kier molecular flexibility index (Phi) is 3.17. The van der Waals surface area contributed by atoms with Crippen molar-refractivity contribution in [3.05, 3.63) is 33.9 Å². The smallest absolute Gasteiger partial charge is 0.330 e. The van der Waals surface area contributed by atoms with E-state index in [4.69, 9.17) is 0 Å². The van der Waals surface area contributed by atoms with Crippen molar-refractivity contribution in [2.45, 2.75) is 19.1 Å². The first kappa shape index (κ1) is 13.3. The molecule has 0 aliphatic carbocycles. The molecule has 0 N–H and O–H groups in total. The van der Waals surface area contributed by atoms with Crippen LogP contribution in [0.4, 0.5) is 24.5 Å². The largest absolute Gasteiger partial charge is 0.416 e. The molecule has 2 rings (SSSR count). The second-order valence-corrected chi connectivity index (χ2v) is 4.26. The summed E-state index contributed by atoms with van der Waals surface area (Å²) >= 11 is 0. The zero-order valence-corrected chi connectivity index (χ0v) is 9.89. The minimum absolute atomic E-state index is 0.0476. The molecule has 0 fully saturated rings. The molecule has 0 amide bonds. The molecule has 0 aromatic heterocycles. The maximum atomic E-state index is 12.7. The molecule has 5 nitrogen and oxygen atoms in total. The zero-order chi connectivity index (χ0) is 14.2. The van der Waals surface area contributed by atoms with Gasteiger partial charge in [0.1, 0.15) is 0 Å². The molecule has 1 atom stereocenters. The van der Waals surface area contributed by atoms with Crippen LogP contribution in [-0.2, 0) is 6.18 Å². The van der Waals surface area contributed by atoms with Gasteiger partial charge in [-0.3, -0.25) is 15.1 Å². The van der Waals surface area contributed by atoms with Crippen LogP contribution in [-0.4, -0.2) is 23.8 Å². The SMILES string of the molecule is CC1CN(c2cc([N+](=O)[O-])cc(C(F)(F)F)c2)C=N1. The summed E-state index contributed by atoms with van der Waals surface area (Å²) < 4.78 is 38.1. The fraction of sp³-hybridized carbons (Fsp3) is 0.364. The minimum Gasteiger partial charge on any atom is -0.330 e. The molecule has 102 valence electrons. The first-order valence-corrected chi connectivity index (χ1v) is 5.44. The average Bonchev–Trinajstić information content (AvgIpc) is 2.74. The van der Waals surface area contributed by atoms with E-state index in [1.54, 1.807) is 6.92 Å². The molecular formula is C11H10F3N3O2. The molecule has 8 heteroatoms. The van der Waals surface area contributed by atoms with E-state index in [1.807, 2.05) is 0 Å². The molecule has 1 heterocycles. The van der Waals surface area contributed by atoms with Crippen LogP contribution in [0.3, 0.4) is 0 Å². The molecule has 1 aromatic rings. The van der Waals surface area contributed by atoms with E-state index in [2.05, 4.69) is 4.99 Å². The van der Waals surface area contributed by atoms with E-state index in [0.29, 0.717) is 12.6 Å². The predicted molar refractivity (Wildman–Crippen MR) is 63.4 cm³/mol. The Labute approximate surface area is 106 Å². The van der Waals surface area contributed by atoms with Crippen LogP contribution < -0.4 is 4.90 Å². The first-order valence-electron chi connectivity index (χ1n) is 5.44. The van der Waals surface area contributed by atoms with E-state index < -0.39 is 22.4 Å². The lowest BCUT2D eigenvalue weighted by atomic mass is 10.1. The van der Waals surface area contributed by atoms with Gasteiger partial charge in [-0.15, -0.1) is 0 Å². The van der Waals surface area contributed by atoms with Gasteiger partial charge in [-0.25, -0.2) is 0 Å². The van der Waals surface area contributed by atoms with Crippen molar-refractivity contribution in [3.8, 4) is 0 Å². The lowest BCUT2D eigenvalue weighted by Gasteiger charge is -2.17. The third-order valence-corrected chi connectivity index (χ3v) is 2.69. The molecule has 1 aromatic carbocycles. The van der Waals surface area contributed by atoms with E-state index >= 15 is 0 Å². The molecule has 0 bridgehead atoms. The van der Waals surface area contributed by atoms with E-state index in [9.17, 15) is 23.3 Å². The molecule has 0 radical (unpaired) electrons. The molecular weight excluding hydrogens is 263 g/mol. The van der Waals surface area contributed by atoms with Gasteiger partial charge in [0, 0.05) is 24.4 Å². The lowest BCUT2D eigenvalue weighted by molar-refractivity contribution is -0.385. The van der Waals surface area contributed by atoms with Crippen molar-refractivity contribution in [3.63, 3.8) is 0 Å². The number of hydrogen-bond acceptors (Lipinski definition) is 4. The highest BCUT2D eigenvalue weighted by atomic mass is 19.4. The second-order valence-electron chi connectivity index (χ2n) is 4.26. The number of alkyl halides is 3. The summed E-state index contributed by atoms with van der Waals surface area (Å²) in [5.74, 6) is 0. The second kappa shape index (κ2) is 4.52. The van der Waals surface area contributed by atoms with Gasteiger partial charge >= 0.3 is 6.18 Å². The van der Waals surface area contributed by atoms with E-state index in [1.165, 1.54) is 11.2 Å². The number of halogens is 3. The van der Waals surface area contributed by atoms with Crippen molar-refractivity contribution in [1.82, 2.24) is 0 Å². The summed E-state index contributed by atoms with van der Waals surface area (Å²) in [5.41, 5.74) is -1.50. The van der Waals surface area contributed by atoms with E-state index in [0.717, 1.165) is 12.1 Å². The maximum absolute atomic E-state index is 12.7. The number of hydrogen-bond donors (Lipinski definition) is 0. The summed E-state index contributed by atoms with van der Waals surface area (Å²) in [6.45, 7) is 2.21. The molecule has 19 heavy (non-hydrogen) atoms. The summed E-state index contributed by atoms with van der Waals surface area (Å²) in [4.78, 5) is 15.3. The van der Waals surface area contributed by atoms with Gasteiger partial charge in [0.15, 0.2) is 0 Å². The topological polar surface area (TPSA) is 58.7 Å². The van der Waals surface area contributed by atoms with E-state index in [-0.39, 0.29) is 11.7 Å². The molecule has 0 saturated heterocycles. The third kappa shape index (κ3) is 2.83. The number of benzene rings is 1. The number of non-ortho nitro benzene ring substituents is 1. The van der Waals surface area contributed by atoms with Gasteiger partial charge in [0.05, 0.1) is 22.9 Å². The van der Waals surface area contributed by atoms with Crippen LogP contribution in [0, 0.1) is 10.1 Å². The average molecular weight is 273 g/mol. The first-order chi connectivity index (χ1) is 8.77. The Bertz CT molecular complexity index is 542. The van der Waals surface area contributed by atoms with Gasteiger partial charge in [0.25, 0.3) is 5.69 Å². The Morgan fingerprint density at radius 1 is 1.42 bits per heavy atom. The van der Waals surface area contributed by atoms with Gasteiger partial charge in [0.2, 0.25) is 0 Å². The van der Waals surface area contributed by atoms with Crippen LogP contribution >= 0.6 is 0 Å². The lowest BCUT2D eigenvalue weighted by Crippen LogP contribution is -2.22. The van der Waals surface area contributed by atoms with Crippen LogP contribution in [0.25, 0.3) is 0 Å². The van der Waals surface area contributed by atoms with Crippen molar-refractivity contribution in [1.29, 1.82) is 0 Å². The van der Waals surface area contributed by atoms with Crippen LogP contribution in [0.2, 0.25) is 0 Å². The Morgan fingerprint density at radius 2 is 2.11 bits per heavy atom. The normalized spacial score (nSPS) is 18.9. The summed E-state index contributed by atoms with van der Waals surface area (Å²) in [7, 11) is 0. The number of anilines is 1. The van der Waals surface area contributed by atoms with Gasteiger partial charge < -0.3 is 4.90 Å². The summed E-state index contributed by atoms with van der Waals surface area (Å²) in [6.07, 6.45) is -3.23. The summed E-state index contributed by atoms with van der Waals surface area (Å²) in [6, 6.07) is 2.48. The highest BCUT2D eigenvalue weighted by molar-refractivity contribution is 5.82. The molecule has 1 unspecified atom stereocenters. The number of rotatable bonds is 2. The minimum atomic E-state index is -4.62. The van der Waals surface area contributed by atoms with Gasteiger partial charge in [-0.2, -0.15) is 13.2 Å². The monoisotopic (exact) mass is 273 g/mol. The number of aliphatic imine (C=N–C) groups is 1. The predicted octanol–water partition coefficient (Wildman–Crippen LogP) is 2.85. The summed E-state index contributed by atoms with van der Waals surface area (Å²) in [5, 5.41) is 10.7. The zero-order valence-electron chi connectivity index (χ0n) is 9.89. The fourth-order valence-electron chi connectivity index (χ4n) is 1.78. The van der Waals surface area contributed by atoms with Crippen molar-refractivity contribution >= 4 is 17.7 Å². The van der Waals surface area contributed by atoms with Gasteiger partial charge in [-0.1, -0.05) is 0 Å². The number of nitrogens with zero attached hydrogens (tertiary/aromatic N) is 3. The third-order valence-electron chi connectivity index (χ3n) is 2.69.